The van der Waals surface area contributed by atoms with Gasteiger partial charge < -0.3 is 4.74 Å². The first-order valence-electron chi connectivity index (χ1n) is 6.07. The summed E-state index contributed by atoms with van der Waals surface area (Å²) in [5.41, 5.74) is 1.19. The number of carbonyl (C=O) groups is 1. The average Bonchev–Trinajstić information content (AvgIpc) is 3.12. The molecular formula is C15H14O2S. The van der Waals surface area contributed by atoms with Gasteiger partial charge in [-0.3, -0.25) is 0 Å². The van der Waals surface area contributed by atoms with Gasteiger partial charge in [-0.1, -0.05) is 24.3 Å². The number of thiophene rings is 1. The van der Waals surface area contributed by atoms with Gasteiger partial charge in [0, 0.05) is 10.1 Å². The number of hydrogen-bond donors (Lipinski definition) is 0. The lowest BCUT2D eigenvalue weighted by molar-refractivity contribution is 0.0606. The van der Waals surface area contributed by atoms with Crippen molar-refractivity contribution in [2.75, 3.05) is 7.11 Å². The minimum absolute atomic E-state index is 0.256. The largest absolute Gasteiger partial charge is 0.465 e. The van der Waals surface area contributed by atoms with Crippen molar-refractivity contribution in [1.82, 2.24) is 0 Å². The molecule has 0 unspecified atom stereocenters. The summed E-state index contributed by atoms with van der Waals surface area (Å²) in [5.74, 6) is 0.507. The summed E-state index contributed by atoms with van der Waals surface area (Å²) in [5, 5.41) is 1.14. The highest BCUT2D eigenvalue weighted by Crippen LogP contribution is 2.33. The van der Waals surface area contributed by atoms with E-state index < -0.39 is 0 Å². The molecule has 92 valence electrons. The van der Waals surface area contributed by atoms with Crippen molar-refractivity contribution in [3.8, 4) is 0 Å². The number of fused-ring (bicyclic) bond motifs is 1. The van der Waals surface area contributed by atoms with Gasteiger partial charge in [0.05, 0.1) is 7.11 Å². The third-order valence-corrected chi connectivity index (χ3v) is 4.23. The number of esters is 1. The van der Waals surface area contributed by atoms with E-state index in [0.29, 0.717) is 4.88 Å². The first-order valence-corrected chi connectivity index (χ1v) is 6.88. The van der Waals surface area contributed by atoms with Gasteiger partial charge in [0.25, 0.3) is 0 Å². The Morgan fingerprint density at radius 2 is 2.28 bits per heavy atom. The van der Waals surface area contributed by atoms with Crippen molar-refractivity contribution in [2.24, 2.45) is 5.92 Å². The van der Waals surface area contributed by atoms with Gasteiger partial charge >= 0.3 is 5.97 Å². The normalized spacial score (nSPS) is 15.4. The van der Waals surface area contributed by atoms with E-state index in [-0.39, 0.29) is 5.97 Å². The molecule has 0 bridgehead atoms. The zero-order valence-electron chi connectivity index (χ0n) is 10.2. The highest BCUT2D eigenvalue weighted by Gasteiger charge is 2.17. The van der Waals surface area contributed by atoms with E-state index in [0.717, 1.165) is 16.0 Å². The fourth-order valence-electron chi connectivity index (χ4n) is 1.96. The number of allylic oxidation sites excluding steroid dienone is 1. The zero-order valence-corrected chi connectivity index (χ0v) is 11.0. The highest BCUT2D eigenvalue weighted by atomic mass is 32.1. The van der Waals surface area contributed by atoms with Gasteiger partial charge in [0.15, 0.2) is 0 Å². The number of carbonyl (C=O) groups excluding carboxylic acids is 1. The first kappa shape index (κ1) is 11.5. The summed E-state index contributed by atoms with van der Waals surface area (Å²) in [6.07, 6.45) is 7.06. The monoisotopic (exact) mass is 258 g/mol. The standard InChI is InChI=1S/C15H14O2S/c1-17-15(16)14-9-12-11(8-7-10-5-6-10)3-2-4-13(12)18-14/h2-4,7-10H,5-6H2,1H3/b8-7+. The lowest BCUT2D eigenvalue weighted by atomic mass is 10.1. The third kappa shape index (κ3) is 2.18. The SMILES string of the molecule is COC(=O)c1cc2c(/C=C/C3CC3)cccc2s1. The van der Waals surface area contributed by atoms with Crippen LogP contribution >= 0.6 is 11.3 Å². The molecule has 1 fully saturated rings. The van der Waals surface area contributed by atoms with E-state index in [1.54, 1.807) is 0 Å². The summed E-state index contributed by atoms with van der Waals surface area (Å²) in [6.45, 7) is 0. The lowest BCUT2D eigenvalue weighted by Crippen LogP contribution is -1.96. The maximum atomic E-state index is 11.5. The summed E-state index contributed by atoms with van der Waals surface area (Å²) in [4.78, 5) is 12.2. The molecular weight excluding hydrogens is 244 g/mol. The number of ether oxygens (including phenoxy) is 1. The smallest absolute Gasteiger partial charge is 0.348 e. The van der Waals surface area contributed by atoms with Gasteiger partial charge in [-0.05, 0) is 36.5 Å². The van der Waals surface area contributed by atoms with Crippen molar-refractivity contribution in [1.29, 1.82) is 0 Å². The van der Waals surface area contributed by atoms with Gasteiger partial charge in [-0.25, -0.2) is 4.79 Å². The van der Waals surface area contributed by atoms with Crippen molar-refractivity contribution in [3.63, 3.8) is 0 Å². The van der Waals surface area contributed by atoms with Crippen LogP contribution in [0.25, 0.3) is 16.2 Å². The van der Waals surface area contributed by atoms with Crippen molar-refractivity contribution in [3.05, 3.63) is 40.8 Å². The quantitative estimate of drug-likeness (QED) is 0.774. The maximum Gasteiger partial charge on any atom is 0.348 e. The summed E-state index contributed by atoms with van der Waals surface area (Å²) < 4.78 is 5.90. The van der Waals surface area contributed by atoms with Crippen LogP contribution in [0, 0.1) is 5.92 Å². The van der Waals surface area contributed by atoms with Crippen LogP contribution in [0.2, 0.25) is 0 Å². The number of hydrogen-bond acceptors (Lipinski definition) is 3. The molecule has 0 spiro atoms. The van der Waals surface area contributed by atoms with Gasteiger partial charge in [-0.2, -0.15) is 0 Å². The van der Waals surface area contributed by atoms with Crippen LogP contribution in [0.15, 0.2) is 30.3 Å². The minimum Gasteiger partial charge on any atom is -0.465 e. The van der Waals surface area contributed by atoms with Crippen molar-refractivity contribution >= 4 is 33.5 Å². The lowest BCUT2D eigenvalue weighted by Gasteiger charge is -1.95. The molecule has 3 heteroatoms. The van der Waals surface area contributed by atoms with E-state index in [1.807, 2.05) is 18.2 Å². The van der Waals surface area contributed by atoms with E-state index in [4.69, 9.17) is 4.74 Å². The summed E-state index contributed by atoms with van der Waals surface area (Å²) in [6, 6.07) is 8.10. The molecule has 0 saturated heterocycles. The second-order valence-electron chi connectivity index (χ2n) is 4.56. The fourth-order valence-corrected chi connectivity index (χ4v) is 2.97. The van der Waals surface area contributed by atoms with Crippen molar-refractivity contribution in [2.45, 2.75) is 12.8 Å². The molecule has 1 aliphatic carbocycles. The molecule has 1 aromatic heterocycles. The van der Waals surface area contributed by atoms with Crippen LogP contribution in [0.1, 0.15) is 28.1 Å². The van der Waals surface area contributed by atoms with E-state index in [1.165, 1.54) is 36.9 Å². The first-order chi connectivity index (χ1) is 8.78. The molecule has 18 heavy (non-hydrogen) atoms. The molecule has 1 aromatic carbocycles. The van der Waals surface area contributed by atoms with Crippen molar-refractivity contribution < 1.29 is 9.53 Å². The van der Waals surface area contributed by atoms with Crippen LogP contribution in [0.4, 0.5) is 0 Å². The Morgan fingerprint density at radius 1 is 1.44 bits per heavy atom. The predicted molar refractivity (Wildman–Crippen MR) is 74.9 cm³/mol. The Bertz CT molecular complexity index is 620. The highest BCUT2D eigenvalue weighted by molar-refractivity contribution is 7.20. The Morgan fingerprint density at radius 3 is 3.00 bits per heavy atom. The summed E-state index contributed by atoms with van der Waals surface area (Å²) in [7, 11) is 1.42. The number of benzene rings is 1. The maximum absolute atomic E-state index is 11.5. The molecule has 1 aliphatic rings. The summed E-state index contributed by atoms with van der Waals surface area (Å²) >= 11 is 1.49. The Hall–Kier alpha value is -1.61. The van der Waals surface area contributed by atoms with E-state index in [9.17, 15) is 4.79 Å². The van der Waals surface area contributed by atoms with Crippen LogP contribution in [0.3, 0.4) is 0 Å². The second-order valence-corrected chi connectivity index (χ2v) is 5.64. The number of methoxy groups -OCH3 is 1. The molecule has 0 aliphatic heterocycles. The third-order valence-electron chi connectivity index (χ3n) is 3.15. The topological polar surface area (TPSA) is 26.3 Å². The average molecular weight is 258 g/mol. The molecule has 0 amide bonds. The molecule has 1 heterocycles. The predicted octanol–water partition coefficient (Wildman–Crippen LogP) is 4.11. The fraction of sp³-hybridized carbons (Fsp3) is 0.267. The molecule has 0 N–H and O–H groups in total. The Balaban J connectivity index is 2.03. The zero-order chi connectivity index (χ0) is 12.5. The Kier molecular flexibility index (Phi) is 2.92. The van der Waals surface area contributed by atoms with E-state index in [2.05, 4.69) is 18.2 Å². The second kappa shape index (κ2) is 4.58. The molecule has 2 nitrogen and oxygen atoms in total. The van der Waals surface area contributed by atoms with Gasteiger partial charge in [-0.15, -0.1) is 11.3 Å². The van der Waals surface area contributed by atoms with Crippen LogP contribution in [-0.2, 0) is 4.74 Å². The Labute approximate surface area is 110 Å². The van der Waals surface area contributed by atoms with Crippen LogP contribution in [0.5, 0.6) is 0 Å². The van der Waals surface area contributed by atoms with Crippen LogP contribution < -0.4 is 0 Å². The van der Waals surface area contributed by atoms with Crippen LogP contribution in [-0.4, -0.2) is 13.1 Å². The molecule has 0 atom stereocenters. The molecule has 2 aromatic rings. The van der Waals surface area contributed by atoms with Gasteiger partial charge in [0.2, 0.25) is 0 Å². The molecule has 3 rings (SSSR count). The minimum atomic E-state index is -0.256. The number of rotatable bonds is 3. The molecule has 1 saturated carbocycles. The molecule has 0 radical (unpaired) electrons. The van der Waals surface area contributed by atoms with E-state index >= 15 is 0 Å². The van der Waals surface area contributed by atoms with Gasteiger partial charge in [0.1, 0.15) is 4.88 Å².